The molecule has 0 spiro atoms. The second-order valence-corrected chi connectivity index (χ2v) is 3.20. The van der Waals surface area contributed by atoms with Gasteiger partial charge in [0.25, 0.3) is 0 Å². The SMILES string of the molecule is CCCCN1C=CCC(C(N)=O)=C1. The molecule has 0 aromatic rings. The summed E-state index contributed by atoms with van der Waals surface area (Å²) in [6.45, 7) is 3.11. The Bertz CT molecular complexity index is 243. The zero-order valence-electron chi connectivity index (χ0n) is 7.99. The molecule has 0 atom stereocenters. The molecule has 0 aromatic heterocycles. The highest BCUT2D eigenvalue weighted by atomic mass is 16.1. The molecule has 0 aromatic carbocycles. The third kappa shape index (κ3) is 2.93. The molecule has 2 N–H and O–H groups in total. The summed E-state index contributed by atoms with van der Waals surface area (Å²) in [6.07, 6.45) is 8.77. The van der Waals surface area contributed by atoms with E-state index in [2.05, 4.69) is 6.92 Å². The van der Waals surface area contributed by atoms with Crippen LogP contribution < -0.4 is 5.73 Å². The number of carbonyl (C=O) groups excluding carboxylic acids is 1. The highest BCUT2D eigenvalue weighted by Crippen LogP contribution is 2.11. The maximum absolute atomic E-state index is 10.9. The Hall–Kier alpha value is -1.25. The van der Waals surface area contributed by atoms with Crippen molar-refractivity contribution in [3.8, 4) is 0 Å². The lowest BCUT2D eigenvalue weighted by atomic mass is 10.1. The Morgan fingerprint density at radius 2 is 2.46 bits per heavy atom. The smallest absolute Gasteiger partial charge is 0.246 e. The van der Waals surface area contributed by atoms with E-state index in [1.165, 1.54) is 0 Å². The van der Waals surface area contributed by atoms with Crippen LogP contribution in [0.5, 0.6) is 0 Å². The van der Waals surface area contributed by atoms with Crippen LogP contribution in [0.25, 0.3) is 0 Å². The monoisotopic (exact) mass is 180 g/mol. The van der Waals surface area contributed by atoms with Crippen molar-refractivity contribution in [1.82, 2.24) is 4.90 Å². The predicted octanol–water partition coefficient (Wildman–Crippen LogP) is 1.38. The van der Waals surface area contributed by atoms with Crippen LogP contribution in [0, 0.1) is 0 Å². The number of unbranched alkanes of at least 4 members (excludes halogenated alkanes) is 1. The second kappa shape index (κ2) is 4.70. The molecule has 1 heterocycles. The average molecular weight is 180 g/mol. The summed E-state index contributed by atoms with van der Waals surface area (Å²) < 4.78 is 0. The molecule has 1 amide bonds. The van der Waals surface area contributed by atoms with Crippen molar-refractivity contribution in [3.05, 3.63) is 24.0 Å². The van der Waals surface area contributed by atoms with Crippen molar-refractivity contribution in [2.24, 2.45) is 5.73 Å². The van der Waals surface area contributed by atoms with Gasteiger partial charge in [-0.3, -0.25) is 4.79 Å². The first-order chi connectivity index (χ1) is 6.24. The zero-order valence-corrected chi connectivity index (χ0v) is 7.99. The van der Waals surface area contributed by atoms with E-state index in [0.717, 1.165) is 19.4 Å². The molecule has 0 saturated carbocycles. The molecule has 0 fully saturated rings. The van der Waals surface area contributed by atoms with Gasteiger partial charge in [0.1, 0.15) is 0 Å². The van der Waals surface area contributed by atoms with E-state index in [1.807, 2.05) is 23.4 Å². The lowest BCUT2D eigenvalue weighted by Gasteiger charge is -2.19. The van der Waals surface area contributed by atoms with Gasteiger partial charge in [0.05, 0.1) is 0 Å². The molecule has 3 heteroatoms. The van der Waals surface area contributed by atoms with E-state index in [-0.39, 0.29) is 5.91 Å². The maximum atomic E-state index is 10.9. The van der Waals surface area contributed by atoms with Crippen molar-refractivity contribution in [3.63, 3.8) is 0 Å². The molecule has 0 aliphatic carbocycles. The van der Waals surface area contributed by atoms with E-state index in [4.69, 9.17) is 5.73 Å². The van der Waals surface area contributed by atoms with E-state index >= 15 is 0 Å². The Morgan fingerprint density at radius 1 is 1.69 bits per heavy atom. The molecule has 13 heavy (non-hydrogen) atoms. The van der Waals surface area contributed by atoms with Crippen LogP contribution in [0.1, 0.15) is 26.2 Å². The van der Waals surface area contributed by atoms with Crippen molar-refractivity contribution in [2.75, 3.05) is 6.54 Å². The first-order valence-corrected chi connectivity index (χ1v) is 4.67. The molecule has 1 rings (SSSR count). The number of hydrogen-bond acceptors (Lipinski definition) is 2. The number of primary amides is 1. The molecule has 0 saturated heterocycles. The minimum Gasteiger partial charge on any atom is -0.366 e. The van der Waals surface area contributed by atoms with Gasteiger partial charge >= 0.3 is 0 Å². The minimum atomic E-state index is -0.314. The van der Waals surface area contributed by atoms with Gasteiger partial charge in [-0.1, -0.05) is 19.4 Å². The number of hydrogen-bond donors (Lipinski definition) is 1. The number of nitrogens with zero attached hydrogens (tertiary/aromatic N) is 1. The fourth-order valence-corrected chi connectivity index (χ4v) is 1.25. The summed E-state index contributed by atoms with van der Waals surface area (Å²) in [5.74, 6) is -0.314. The number of rotatable bonds is 4. The van der Waals surface area contributed by atoms with Gasteiger partial charge in [-0.05, 0) is 19.0 Å². The van der Waals surface area contributed by atoms with Crippen molar-refractivity contribution >= 4 is 5.91 Å². The van der Waals surface area contributed by atoms with E-state index < -0.39 is 0 Å². The quantitative estimate of drug-likeness (QED) is 0.710. The highest BCUT2D eigenvalue weighted by molar-refractivity contribution is 5.92. The Kier molecular flexibility index (Phi) is 3.55. The average Bonchev–Trinajstić information content (AvgIpc) is 2.15. The number of allylic oxidation sites excluding steroid dienone is 1. The van der Waals surface area contributed by atoms with Gasteiger partial charge in [-0.25, -0.2) is 0 Å². The van der Waals surface area contributed by atoms with Crippen molar-refractivity contribution in [2.45, 2.75) is 26.2 Å². The van der Waals surface area contributed by atoms with Gasteiger partial charge in [-0.15, -0.1) is 0 Å². The molecule has 3 nitrogen and oxygen atoms in total. The fourth-order valence-electron chi connectivity index (χ4n) is 1.25. The van der Waals surface area contributed by atoms with Gasteiger partial charge < -0.3 is 10.6 Å². The van der Waals surface area contributed by atoms with Gasteiger partial charge in [-0.2, -0.15) is 0 Å². The molecule has 1 aliphatic heterocycles. The Morgan fingerprint density at radius 3 is 3.08 bits per heavy atom. The van der Waals surface area contributed by atoms with E-state index in [1.54, 1.807) is 0 Å². The lowest BCUT2D eigenvalue weighted by molar-refractivity contribution is -0.114. The molecule has 72 valence electrons. The third-order valence-electron chi connectivity index (χ3n) is 2.04. The fraction of sp³-hybridized carbons (Fsp3) is 0.500. The summed E-state index contributed by atoms with van der Waals surface area (Å²) in [5, 5.41) is 0. The second-order valence-electron chi connectivity index (χ2n) is 3.20. The van der Waals surface area contributed by atoms with Crippen LogP contribution in [0.2, 0.25) is 0 Å². The first-order valence-electron chi connectivity index (χ1n) is 4.67. The Balaban J connectivity index is 2.51. The molecule has 0 bridgehead atoms. The predicted molar refractivity (Wildman–Crippen MR) is 52.6 cm³/mol. The van der Waals surface area contributed by atoms with E-state index in [9.17, 15) is 4.79 Å². The molecule has 0 unspecified atom stereocenters. The minimum absolute atomic E-state index is 0.314. The van der Waals surface area contributed by atoms with Crippen LogP contribution in [0.4, 0.5) is 0 Å². The summed E-state index contributed by atoms with van der Waals surface area (Å²) in [4.78, 5) is 12.9. The van der Waals surface area contributed by atoms with Crippen LogP contribution >= 0.6 is 0 Å². The van der Waals surface area contributed by atoms with Gasteiger partial charge in [0.2, 0.25) is 5.91 Å². The summed E-state index contributed by atoms with van der Waals surface area (Å²) >= 11 is 0. The highest BCUT2D eigenvalue weighted by Gasteiger charge is 2.08. The largest absolute Gasteiger partial charge is 0.366 e. The number of amides is 1. The standard InChI is InChI=1S/C10H16N2O/c1-2-3-6-12-7-4-5-9(8-12)10(11)13/h4,7-8H,2-3,5-6H2,1H3,(H2,11,13). The van der Waals surface area contributed by atoms with E-state index in [0.29, 0.717) is 12.0 Å². The Labute approximate surface area is 78.9 Å². The van der Waals surface area contributed by atoms with Crippen LogP contribution in [0.3, 0.4) is 0 Å². The van der Waals surface area contributed by atoms with Crippen molar-refractivity contribution in [1.29, 1.82) is 0 Å². The zero-order chi connectivity index (χ0) is 9.68. The lowest BCUT2D eigenvalue weighted by Crippen LogP contribution is -2.21. The van der Waals surface area contributed by atoms with Crippen LogP contribution in [-0.2, 0) is 4.79 Å². The normalized spacial score (nSPS) is 15.8. The molecular formula is C10H16N2O. The van der Waals surface area contributed by atoms with Crippen molar-refractivity contribution < 1.29 is 4.79 Å². The van der Waals surface area contributed by atoms with Gasteiger partial charge in [0, 0.05) is 18.3 Å². The maximum Gasteiger partial charge on any atom is 0.246 e. The van der Waals surface area contributed by atoms with Crippen LogP contribution in [0.15, 0.2) is 24.0 Å². The molecule has 1 aliphatic rings. The van der Waals surface area contributed by atoms with Gasteiger partial charge in [0.15, 0.2) is 0 Å². The molecule has 0 radical (unpaired) electrons. The topological polar surface area (TPSA) is 46.3 Å². The molecular weight excluding hydrogens is 164 g/mol. The first kappa shape index (κ1) is 9.84. The summed E-state index contributed by atoms with van der Waals surface area (Å²) in [7, 11) is 0. The van der Waals surface area contributed by atoms with Crippen LogP contribution in [-0.4, -0.2) is 17.4 Å². The third-order valence-corrected chi connectivity index (χ3v) is 2.04. The summed E-state index contributed by atoms with van der Waals surface area (Å²) in [6, 6.07) is 0. The number of carbonyl (C=O) groups is 1. The number of nitrogens with two attached hydrogens (primary N) is 1. The summed E-state index contributed by atoms with van der Waals surface area (Å²) in [5.41, 5.74) is 5.88.